The maximum Gasteiger partial charge on any atom is 0.336 e. The summed E-state index contributed by atoms with van der Waals surface area (Å²) in [5.74, 6) is 1.10. The van der Waals surface area contributed by atoms with Gasteiger partial charge in [-0.25, -0.2) is 5.41 Å². The molecule has 2 unspecified atom stereocenters. The van der Waals surface area contributed by atoms with E-state index in [9.17, 15) is 0 Å². The van der Waals surface area contributed by atoms with Gasteiger partial charge in [-0.3, -0.25) is 0 Å². The van der Waals surface area contributed by atoms with E-state index < -0.39 is 0 Å². The molecular weight excluding hydrogens is 166 g/mol. The first-order valence-electron chi connectivity index (χ1n) is 5.05. The average molecular weight is 186 g/mol. The Morgan fingerprint density at radius 2 is 2.23 bits per heavy atom. The van der Waals surface area contributed by atoms with Gasteiger partial charge in [0.15, 0.2) is 0 Å². The molecule has 0 aromatic carbocycles. The van der Waals surface area contributed by atoms with Crippen molar-refractivity contribution in [2.24, 2.45) is 5.92 Å². The Kier molecular flexibility index (Phi) is 4.22. The quantitative estimate of drug-likeness (QED) is 0.512. The highest BCUT2D eigenvalue weighted by Crippen LogP contribution is 2.26. The molecule has 1 fully saturated rings. The summed E-state index contributed by atoms with van der Waals surface area (Å²) in [6.07, 6.45) is 4.88. The maximum absolute atomic E-state index is 5.81. The van der Waals surface area contributed by atoms with Crippen molar-refractivity contribution >= 4 is 5.90 Å². The summed E-state index contributed by atoms with van der Waals surface area (Å²) in [7, 11) is 1.77. The highest BCUT2D eigenvalue weighted by molar-refractivity contribution is 5.72. The summed E-state index contributed by atoms with van der Waals surface area (Å²) in [5.41, 5.74) is 0. The Morgan fingerprint density at radius 3 is 2.85 bits per heavy atom. The minimum atomic E-state index is 0.373. The SMILES string of the molecule is CCOC(=[NH2+])C1CCCC(OC)C1. The van der Waals surface area contributed by atoms with Crippen molar-refractivity contribution in [1.82, 2.24) is 0 Å². The van der Waals surface area contributed by atoms with Crippen molar-refractivity contribution in [3.05, 3.63) is 0 Å². The van der Waals surface area contributed by atoms with Gasteiger partial charge < -0.3 is 9.47 Å². The fraction of sp³-hybridized carbons (Fsp3) is 0.900. The lowest BCUT2D eigenvalue weighted by Crippen LogP contribution is -2.47. The van der Waals surface area contributed by atoms with E-state index in [0.717, 1.165) is 19.3 Å². The summed E-state index contributed by atoms with van der Waals surface area (Å²) >= 11 is 0. The van der Waals surface area contributed by atoms with Gasteiger partial charge in [-0.05, 0) is 32.6 Å². The van der Waals surface area contributed by atoms with Crippen molar-refractivity contribution in [2.45, 2.75) is 38.7 Å². The molecule has 0 amide bonds. The number of hydrogen-bond acceptors (Lipinski definition) is 2. The lowest BCUT2D eigenvalue weighted by atomic mass is 9.87. The Balaban J connectivity index is 2.37. The first-order valence-corrected chi connectivity index (χ1v) is 5.05. The topological polar surface area (TPSA) is 44.0 Å². The zero-order chi connectivity index (χ0) is 9.68. The molecule has 0 spiro atoms. The molecule has 76 valence electrons. The van der Waals surface area contributed by atoms with Gasteiger partial charge in [0, 0.05) is 7.11 Å². The molecule has 13 heavy (non-hydrogen) atoms. The number of methoxy groups -OCH3 is 1. The summed E-state index contributed by atoms with van der Waals surface area (Å²) in [5, 5.41) is 5.81. The van der Waals surface area contributed by atoms with Gasteiger partial charge in [-0.2, -0.15) is 0 Å². The van der Waals surface area contributed by atoms with E-state index in [1.54, 1.807) is 7.11 Å². The van der Waals surface area contributed by atoms with E-state index in [1.807, 2.05) is 6.92 Å². The molecule has 0 aromatic heterocycles. The van der Waals surface area contributed by atoms with Crippen molar-refractivity contribution in [3.63, 3.8) is 0 Å². The molecule has 3 nitrogen and oxygen atoms in total. The van der Waals surface area contributed by atoms with Gasteiger partial charge in [0.1, 0.15) is 0 Å². The second-order valence-corrected chi connectivity index (χ2v) is 3.56. The molecule has 1 aliphatic carbocycles. The third-order valence-electron chi connectivity index (χ3n) is 2.67. The molecule has 1 rings (SSSR count). The summed E-state index contributed by atoms with van der Waals surface area (Å²) in [4.78, 5) is 0. The summed E-state index contributed by atoms with van der Waals surface area (Å²) < 4.78 is 10.6. The summed E-state index contributed by atoms with van der Waals surface area (Å²) in [6, 6.07) is 0. The van der Waals surface area contributed by atoms with Crippen LogP contribution in [0.4, 0.5) is 0 Å². The molecule has 0 aliphatic heterocycles. The third kappa shape index (κ3) is 2.99. The van der Waals surface area contributed by atoms with Crippen LogP contribution in [-0.4, -0.2) is 25.7 Å². The Labute approximate surface area is 79.9 Å². The second-order valence-electron chi connectivity index (χ2n) is 3.56. The van der Waals surface area contributed by atoms with Gasteiger partial charge in [-0.15, -0.1) is 0 Å². The van der Waals surface area contributed by atoms with Crippen molar-refractivity contribution in [1.29, 1.82) is 0 Å². The van der Waals surface area contributed by atoms with E-state index in [0.29, 0.717) is 24.5 Å². The number of nitrogens with two attached hydrogens (primary N) is 1. The predicted octanol–water partition coefficient (Wildman–Crippen LogP) is 0.386. The van der Waals surface area contributed by atoms with Gasteiger partial charge in [-0.1, -0.05) is 0 Å². The predicted molar refractivity (Wildman–Crippen MR) is 51.3 cm³/mol. The standard InChI is InChI=1S/C10H19NO2/c1-3-13-10(11)8-5-4-6-9(7-8)12-2/h8-9,11H,3-7H2,1-2H3/p+1. The van der Waals surface area contributed by atoms with Crippen LogP contribution < -0.4 is 5.41 Å². The second kappa shape index (κ2) is 5.22. The van der Waals surface area contributed by atoms with E-state index in [2.05, 4.69) is 0 Å². The van der Waals surface area contributed by atoms with Crippen LogP contribution in [0.5, 0.6) is 0 Å². The highest BCUT2D eigenvalue weighted by atomic mass is 16.5. The van der Waals surface area contributed by atoms with Gasteiger partial charge >= 0.3 is 5.90 Å². The first-order chi connectivity index (χ1) is 6.27. The fourth-order valence-electron chi connectivity index (χ4n) is 1.90. The average Bonchev–Trinajstić information content (AvgIpc) is 2.18. The van der Waals surface area contributed by atoms with Crippen LogP contribution in [0, 0.1) is 5.92 Å². The normalized spacial score (nSPS) is 28.5. The first kappa shape index (κ1) is 10.5. The van der Waals surface area contributed by atoms with Crippen LogP contribution in [0.15, 0.2) is 0 Å². The minimum Gasteiger partial charge on any atom is -0.448 e. The van der Waals surface area contributed by atoms with Crippen molar-refractivity contribution < 1.29 is 14.9 Å². The van der Waals surface area contributed by atoms with E-state index in [1.165, 1.54) is 6.42 Å². The van der Waals surface area contributed by atoms with Crippen LogP contribution in [0.25, 0.3) is 0 Å². The van der Waals surface area contributed by atoms with Gasteiger partial charge in [0.25, 0.3) is 0 Å². The molecule has 1 aliphatic rings. The molecule has 0 radical (unpaired) electrons. The van der Waals surface area contributed by atoms with Gasteiger partial charge in [0.05, 0.1) is 18.6 Å². The van der Waals surface area contributed by atoms with Crippen LogP contribution in [0.1, 0.15) is 32.6 Å². The lowest BCUT2D eigenvalue weighted by molar-refractivity contribution is -0.150. The molecule has 3 heteroatoms. The molecule has 0 heterocycles. The largest absolute Gasteiger partial charge is 0.448 e. The maximum atomic E-state index is 5.81. The lowest BCUT2D eigenvalue weighted by Gasteiger charge is -2.25. The fourth-order valence-corrected chi connectivity index (χ4v) is 1.90. The number of rotatable bonds is 3. The molecule has 0 bridgehead atoms. The Morgan fingerprint density at radius 1 is 1.46 bits per heavy atom. The highest BCUT2D eigenvalue weighted by Gasteiger charge is 2.28. The molecular formula is C10H20NO2+. The van der Waals surface area contributed by atoms with E-state index >= 15 is 0 Å². The Bertz CT molecular complexity index is 170. The zero-order valence-electron chi connectivity index (χ0n) is 8.58. The molecule has 0 aromatic rings. The molecule has 2 N–H and O–H groups in total. The van der Waals surface area contributed by atoms with Crippen LogP contribution in [-0.2, 0) is 9.47 Å². The third-order valence-corrected chi connectivity index (χ3v) is 2.67. The van der Waals surface area contributed by atoms with Crippen molar-refractivity contribution in [3.8, 4) is 0 Å². The zero-order valence-corrected chi connectivity index (χ0v) is 8.58. The van der Waals surface area contributed by atoms with Crippen LogP contribution in [0.3, 0.4) is 0 Å². The molecule has 0 saturated heterocycles. The van der Waals surface area contributed by atoms with Gasteiger partial charge in [0.2, 0.25) is 0 Å². The Hall–Kier alpha value is -0.570. The van der Waals surface area contributed by atoms with E-state index in [4.69, 9.17) is 14.9 Å². The van der Waals surface area contributed by atoms with Crippen LogP contribution >= 0.6 is 0 Å². The van der Waals surface area contributed by atoms with Crippen LogP contribution in [0.2, 0.25) is 0 Å². The van der Waals surface area contributed by atoms with E-state index in [-0.39, 0.29) is 0 Å². The monoisotopic (exact) mass is 186 g/mol. The number of hydrogen-bond donors (Lipinski definition) is 1. The molecule has 2 atom stereocenters. The minimum absolute atomic E-state index is 0.373. The number of ether oxygens (including phenoxy) is 2. The smallest absolute Gasteiger partial charge is 0.336 e. The molecule has 1 saturated carbocycles. The van der Waals surface area contributed by atoms with Crippen molar-refractivity contribution in [2.75, 3.05) is 13.7 Å². The summed E-state index contributed by atoms with van der Waals surface area (Å²) in [6.45, 7) is 2.63.